The van der Waals surface area contributed by atoms with Crippen molar-refractivity contribution in [3.05, 3.63) is 0 Å². The van der Waals surface area contributed by atoms with Crippen LogP contribution in [0.1, 0.15) is 0 Å². The first-order chi connectivity index (χ1) is 6.91. The number of hydrogen-bond donors (Lipinski definition) is 6. The zero-order valence-electron chi connectivity index (χ0n) is 9.21. The normalized spacial score (nSPS) is 6.71. The van der Waals surface area contributed by atoms with Crippen molar-refractivity contribution < 1.29 is 15.7 Å². The molecule has 102 valence electrons. The molecule has 1 aromatic heterocycles. The Morgan fingerprint density at radius 1 is 0.824 bits per heavy atom. The van der Waals surface area contributed by atoms with E-state index in [9.17, 15) is 0 Å². The number of amides is 2. The van der Waals surface area contributed by atoms with Gasteiger partial charge in [-0.05, 0) is 7.05 Å². The number of anilines is 3. The fourth-order valence-corrected chi connectivity index (χ4v) is 0.427. The number of aromatic nitrogens is 3. The summed E-state index contributed by atoms with van der Waals surface area (Å²) in [7, 11) is 1.50. The third-order valence-corrected chi connectivity index (χ3v) is 0.687. The third kappa shape index (κ3) is 19.8. The Morgan fingerprint density at radius 3 is 1.06 bits per heavy atom. The van der Waals surface area contributed by atoms with E-state index in [2.05, 4.69) is 32.2 Å². The first-order valence-corrected chi connectivity index (χ1v) is 3.57. The molecule has 0 spiro atoms. The molecule has 0 aliphatic heterocycles. The summed E-state index contributed by atoms with van der Waals surface area (Å²) in [6.07, 6.45) is 0. The predicted molar refractivity (Wildman–Crippen MR) is 64.2 cm³/mol. The number of nitrogen functional groups attached to an aromatic ring is 3. The van der Waals surface area contributed by atoms with E-state index in [1.54, 1.807) is 0 Å². The van der Waals surface area contributed by atoms with Crippen LogP contribution in [0.15, 0.2) is 0 Å². The van der Waals surface area contributed by atoms with Crippen molar-refractivity contribution in [1.29, 1.82) is 0 Å². The molecule has 12 heteroatoms. The summed E-state index contributed by atoms with van der Waals surface area (Å²) in [5.74, 6) is 0.125. The zero-order chi connectivity index (χ0) is 12.4. The minimum absolute atomic E-state index is 0. The maximum atomic E-state index is 9.00. The molecule has 0 aliphatic rings. The van der Waals surface area contributed by atoms with Gasteiger partial charge in [-0.1, -0.05) is 0 Å². The van der Waals surface area contributed by atoms with Gasteiger partial charge in [0, 0.05) is 0 Å². The predicted octanol–water partition coefficient (Wildman–Crippen LogP) is -4.43. The summed E-state index contributed by atoms with van der Waals surface area (Å²) >= 11 is 0. The van der Waals surface area contributed by atoms with Crippen LogP contribution in [0.5, 0.6) is 0 Å². The summed E-state index contributed by atoms with van der Waals surface area (Å²) in [4.78, 5) is 19.5. The SMILES string of the molecule is CN.NC(N)=O.Nc1nc(N)nc(N)n1.O.O. The Morgan fingerprint density at radius 2 is 0.941 bits per heavy atom. The van der Waals surface area contributed by atoms with Crippen LogP contribution in [0.25, 0.3) is 0 Å². The number of primary amides is 2. The number of carbonyl (C=O) groups excluding carboxylic acids is 1. The standard InChI is InChI=1S/C3H6N6.CH4N2O.CH5N.2H2O/c4-1-7-2(5)9-3(6)8-1;2-1(3)4;1-2;;/h(H6,4,5,6,7,8,9);(H4,2,3,4);2H2,1H3;2*1H2. The molecule has 1 rings (SSSR count). The van der Waals surface area contributed by atoms with Crippen LogP contribution in [-0.4, -0.2) is 39.0 Å². The average molecular weight is 253 g/mol. The van der Waals surface area contributed by atoms with E-state index in [4.69, 9.17) is 22.0 Å². The topological polar surface area (TPSA) is 275 Å². The minimum atomic E-state index is -0.833. The largest absolute Gasteiger partial charge is 0.412 e. The highest BCUT2D eigenvalue weighted by atomic mass is 16.2. The number of nitrogens with zero attached hydrogens (tertiary/aromatic N) is 3. The van der Waals surface area contributed by atoms with Crippen LogP contribution in [-0.2, 0) is 0 Å². The maximum Gasteiger partial charge on any atom is 0.309 e. The van der Waals surface area contributed by atoms with Gasteiger partial charge in [0.25, 0.3) is 0 Å². The van der Waals surface area contributed by atoms with Gasteiger partial charge in [0.2, 0.25) is 17.8 Å². The fraction of sp³-hybridized carbons (Fsp3) is 0.200. The lowest BCUT2D eigenvalue weighted by molar-refractivity contribution is 0.256. The lowest BCUT2D eigenvalue weighted by Crippen LogP contribution is -2.18. The minimum Gasteiger partial charge on any atom is -0.412 e. The van der Waals surface area contributed by atoms with E-state index in [-0.39, 0.29) is 28.8 Å². The molecule has 0 unspecified atom stereocenters. The van der Waals surface area contributed by atoms with E-state index >= 15 is 0 Å². The molecular formula is C5H19N9O3. The Balaban J connectivity index is -0.0000000925. The van der Waals surface area contributed by atoms with Gasteiger partial charge in [-0.25, -0.2) is 4.79 Å². The molecular weight excluding hydrogens is 234 g/mol. The molecule has 1 aromatic rings. The molecule has 0 fully saturated rings. The van der Waals surface area contributed by atoms with Gasteiger partial charge < -0.3 is 45.4 Å². The van der Waals surface area contributed by atoms with Gasteiger partial charge in [-0.15, -0.1) is 0 Å². The molecule has 0 saturated heterocycles. The van der Waals surface area contributed by atoms with E-state index in [1.807, 2.05) is 0 Å². The molecule has 0 radical (unpaired) electrons. The van der Waals surface area contributed by atoms with Crippen LogP contribution in [0.3, 0.4) is 0 Å². The summed E-state index contributed by atoms with van der Waals surface area (Å²) in [5.41, 5.74) is 28.4. The van der Waals surface area contributed by atoms with Crippen LogP contribution in [0.2, 0.25) is 0 Å². The van der Waals surface area contributed by atoms with Crippen molar-refractivity contribution in [3.63, 3.8) is 0 Å². The van der Waals surface area contributed by atoms with E-state index in [1.165, 1.54) is 7.05 Å². The molecule has 0 aromatic carbocycles. The van der Waals surface area contributed by atoms with Gasteiger partial charge in [0.1, 0.15) is 0 Å². The Kier molecular flexibility index (Phi) is 19.1. The molecule has 12 nitrogen and oxygen atoms in total. The monoisotopic (exact) mass is 253 g/mol. The van der Waals surface area contributed by atoms with Crippen LogP contribution < -0.4 is 34.4 Å². The maximum absolute atomic E-state index is 9.00. The number of urea groups is 1. The molecule has 2 amide bonds. The summed E-state index contributed by atoms with van der Waals surface area (Å²) in [6, 6.07) is -0.833. The zero-order valence-corrected chi connectivity index (χ0v) is 9.21. The lowest BCUT2D eigenvalue weighted by atomic mass is 10.9. The second-order valence-corrected chi connectivity index (χ2v) is 1.81. The van der Waals surface area contributed by atoms with Gasteiger partial charge in [-0.2, -0.15) is 15.0 Å². The second-order valence-electron chi connectivity index (χ2n) is 1.81. The van der Waals surface area contributed by atoms with Crippen molar-refractivity contribution >= 4 is 23.9 Å². The molecule has 0 atom stereocenters. The van der Waals surface area contributed by atoms with Gasteiger partial charge in [0.05, 0.1) is 0 Å². The van der Waals surface area contributed by atoms with Crippen molar-refractivity contribution in [2.75, 3.05) is 24.2 Å². The molecule has 0 bridgehead atoms. The van der Waals surface area contributed by atoms with Crippen molar-refractivity contribution in [3.8, 4) is 0 Å². The van der Waals surface area contributed by atoms with E-state index < -0.39 is 6.03 Å². The van der Waals surface area contributed by atoms with Gasteiger partial charge in [0.15, 0.2) is 0 Å². The number of carbonyl (C=O) groups is 1. The summed E-state index contributed by atoms with van der Waals surface area (Å²) in [6.45, 7) is 0. The van der Waals surface area contributed by atoms with Crippen molar-refractivity contribution in [2.45, 2.75) is 0 Å². The molecule has 17 heavy (non-hydrogen) atoms. The van der Waals surface area contributed by atoms with Gasteiger partial charge in [-0.3, -0.25) is 0 Å². The Labute approximate surface area is 97.0 Å². The third-order valence-electron chi connectivity index (χ3n) is 0.687. The lowest BCUT2D eigenvalue weighted by Gasteiger charge is -1.93. The Bertz CT molecular complexity index is 252. The number of nitrogens with two attached hydrogens (primary N) is 6. The highest BCUT2D eigenvalue weighted by Gasteiger charge is 1.93. The first-order valence-electron chi connectivity index (χ1n) is 3.57. The highest BCUT2D eigenvalue weighted by molar-refractivity contribution is 5.69. The molecule has 0 saturated carbocycles. The van der Waals surface area contributed by atoms with Crippen LogP contribution in [0, 0.1) is 0 Å². The van der Waals surface area contributed by atoms with Crippen molar-refractivity contribution in [2.24, 2.45) is 17.2 Å². The summed E-state index contributed by atoms with van der Waals surface area (Å²) in [5, 5.41) is 0. The van der Waals surface area contributed by atoms with E-state index in [0.717, 1.165) is 0 Å². The van der Waals surface area contributed by atoms with Crippen molar-refractivity contribution in [1.82, 2.24) is 15.0 Å². The van der Waals surface area contributed by atoms with Crippen LogP contribution >= 0.6 is 0 Å². The first kappa shape index (κ1) is 24.0. The fourth-order valence-electron chi connectivity index (χ4n) is 0.427. The van der Waals surface area contributed by atoms with Gasteiger partial charge >= 0.3 is 6.03 Å². The summed E-state index contributed by atoms with van der Waals surface area (Å²) < 4.78 is 0. The van der Waals surface area contributed by atoms with Crippen LogP contribution in [0.4, 0.5) is 22.6 Å². The highest BCUT2D eigenvalue weighted by Crippen LogP contribution is 1.97. The van der Waals surface area contributed by atoms with E-state index in [0.29, 0.717) is 0 Å². The average Bonchev–Trinajstić information content (AvgIpc) is 2.03. The number of hydrogen-bond acceptors (Lipinski definition) is 8. The smallest absolute Gasteiger partial charge is 0.309 e. The molecule has 16 N–H and O–H groups in total. The number of rotatable bonds is 0. The Hall–Kier alpha value is -2.44. The quantitative estimate of drug-likeness (QED) is 0.261. The second kappa shape index (κ2) is 13.6. The molecule has 1 heterocycles. The molecule has 0 aliphatic carbocycles.